The molecule has 3 aromatic rings. The van der Waals surface area contributed by atoms with Gasteiger partial charge in [0.2, 0.25) is 0 Å². The molecular formula is C14H9BrFN3. The van der Waals surface area contributed by atoms with Crippen molar-refractivity contribution in [1.82, 2.24) is 14.8 Å². The normalized spacial score (nSPS) is 10.6. The van der Waals surface area contributed by atoms with Gasteiger partial charge in [0.1, 0.15) is 12.1 Å². The molecule has 0 radical (unpaired) electrons. The molecule has 94 valence electrons. The number of nitrogens with zero attached hydrogens (tertiary/aromatic N) is 3. The summed E-state index contributed by atoms with van der Waals surface area (Å²) in [4.78, 5) is 0. The van der Waals surface area contributed by atoms with Gasteiger partial charge in [0, 0.05) is 11.3 Å². The first-order valence-electron chi connectivity index (χ1n) is 5.66. The fraction of sp³-hybridized carbons (Fsp3) is 0. The summed E-state index contributed by atoms with van der Waals surface area (Å²) >= 11 is 3.14. The molecule has 0 amide bonds. The predicted molar refractivity (Wildman–Crippen MR) is 74.5 cm³/mol. The van der Waals surface area contributed by atoms with Crippen LogP contribution in [0, 0.1) is 5.82 Å². The van der Waals surface area contributed by atoms with Crippen LogP contribution in [0.3, 0.4) is 0 Å². The number of para-hydroxylation sites is 1. The molecule has 3 nitrogen and oxygen atoms in total. The first-order valence-corrected chi connectivity index (χ1v) is 6.46. The minimum absolute atomic E-state index is 0.319. The van der Waals surface area contributed by atoms with Crippen LogP contribution in [0.15, 0.2) is 59.3 Å². The highest BCUT2D eigenvalue weighted by molar-refractivity contribution is 9.10. The Bertz CT molecular complexity index is 710. The second kappa shape index (κ2) is 4.93. The highest BCUT2D eigenvalue weighted by atomic mass is 79.9. The Balaban J connectivity index is 2.12. The minimum atomic E-state index is -0.319. The van der Waals surface area contributed by atoms with E-state index in [1.54, 1.807) is 18.5 Å². The van der Waals surface area contributed by atoms with Crippen LogP contribution in [0.5, 0.6) is 0 Å². The average molecular weight is 318 g/mol. The maximum atomic E-state index is 13.6. The van der Waals surface area contributed by atoms with Crippen LogP contribution < -0.4 is 0 Å². The Labute approximate surface area is 117 Å². The lowest BCUT2D eigenvalue weighted by Gasteiger charge is -2.06. The summed E-state index contributed by atoms with van der Waals surface area (Å²) in [5.41, 5.74) is 1.62. The second-order valence-corrected chi connectivity index (χ2v) is 4.84. The summed E-state index contributed by atoms with van der Waals surface area (Å²) < 4.78 is 15.9. The largest absolute Gasteiger partial charge is 0.282 e. The monoisotopic (exact) mass is 317 g/mol. The molecule has 0 unspecified atom stereocenters. The molecule has 0 N–H and O–H groups in total. The van der Waals surface area contributed by atoms with Crippen molar-refractivity contribution in [2.75, 3.05) is 0 Å². The molecular weight excluding hydrogens is 309 g/mol. The van der Waals surface area contributed by atoms with E-state index in [1.165, 1.54) is 6.07 Å². The van der Waals surface area contributed by atoms with Crippen molar-refractivity contribution in [2.24, 2.45) is 0 Å². The van der Waals surface area contributed by atoms with E-state index in [1.807, 2.05) is 34.9 Å². The van der Waals surface area contributed by atoms with E-state index >= 15 is 0 Å². The summed E-state index contributed by atoms with van der Waals surface area (Å²) in [6.07, 6.45) is 1.62. The van der Waals surface area contributed by atoms with Crippen LogP contribution in [0.1, 0.15) is 0 Å². The molecule has 0 spiro atoms. The molecule has 1 aromatic heterocycles. The molecule has 1 heterocycles. The van der Waals surface area contributed by atoms with Crippen molar-refractivity contribution < 1.29 is 4.39 Å². The van der Waals surface area contributed by atoms with Gasteiger partial charge in [0.25, 0.3) is 0 Å². The van der Waals surface area contributed by atoms with Gasteiger partial charge in [-0.3, -0.25) is 4.57 Å². The Morgan fingerprint density at radius 1 is 1.05 bits per heavy atom. The fourth-order valence-corrected chi connectivity index (χ4v) is 2.09. The summed E-state index contributed by atoms with van der Waals surface area (Å²) in [6, 6.07) is 14.6. The maximum Gasteiger partial charge on any atom is 0.168 e. The number of hydrogen-bond acceptors (Lipinski definition) is 2. The van der Waals surface area contributed by atoms with Gasteiger partial charge in [-0.25, -0.2) is 4.39 Å². The molecule has 0 aliphatic heterocycles. The van der Waals surface area contributed by atoms with Gasteiger partial charge in [0.15, 0.2) is 5.82 Å². The van der Waals surface area contributed by atoms with Crippen LogP contribution in [0.2, 0.25) is 0 Å². The van der Waals surface area contributed by atoms with Crippen LogP contribution in [0.4, 0.5) is 4.39 Å². The van der Waals surface area contributed by atoms with E-state index in [2.05, 4.69) is 26.1 Å². The summed E-state index contributed by atoms with van der Waals surface area (Å²) in [5, 5.41) is 7.97. The minimum Gasteiger partial charge on any atom is -0.282 e. The zero-order valence-corrected chi connectivity index (χ0v) is 11.4. The van der Waals surface area contributed by atoms with Gasteiger partial charge in [-0.1, -0.05) is 18.2 Å². The molecule has 0 atom stereocenters. The third-order valence-electron chi connectivity index (χ3n) is 2.76. The van der Waals surface area contributed by atoms with Crippen LogP contribution in [-0.2, 0) is 0 Å². The zero-order valence-electron chi connectivity index (χ0n) is 9.79. The van der Waals surface area contributed by atoms with Crippen molar-refractivity contribution in [3.05, 3.63) is 65.1 Å². The number of aromatic nitrogens is 3. The fourth-order valence-electron chi connectivity index (χ4n) is 1.84. The standard InChI is InChI=1S/C14H9BrFN3/c15-12-7-6-10(8-13(12)16)14-18-17-9-19(14)11-4-2-1-3-5-11/h1-9H. The van der Waals surface area contributed by atoms with E-state index in [0.29, 0.717) is 15.9 Å². The van der Waals surface area contributed by atoms with Crippen molar-refractivity contribution in [2.45, 2.75) is 0 Å². The van der Waals surface area contributed by atoms with Gasteiger partial charge in [-0.15, -0.1) is 10.2 Å². The molecule has 5 heteroatoms. The van der Waals surface area contributed by atoms with Gasteiger partial charge in [-0.05, 0) is 46.3 Å². The molecule has 0 aliphatic carbocycles. The number of benzene rings is 2. The Hall–Kier alpha value is -2.01. The van der Waals surface area contributed by atoms with Crippen LogP contribution >= 0.6 is 15.9 Å². The molecule has 0 aliphatic rings. The smallest absolute Gasteiger partial charge is 0.168 e. The SMILES string of the molecule is Fc1cc(-c2nncn2-c2ccccc2)ccc1Br. The molecule has 0 saturated heterocycles. The number of halogens is 2. The van der Waals surface area contributed by atoms with Gasteiger partial charge >= 0.3 is 0 Å². The maximum absolute atomic E-state index is 13.6. The zero-order chi connectivity index (χ0) is 13.2. The van der Waals surface area contributed by atoms with E-state index in [9.17, 15) is 4.39 Å². The predicted octanol–water partition coefficient (Wildman–Crippen LogP) is 3.84. The van der Waals surface area contributed by atoms with Gasteiger partial charge in [0.05, 0.1) is 4.47 Å². The third kappa shape index (κ3) is 2.29. The third-order valence-corrected chi connectivity index (χ3v) is 3.40. The topological polar surface area (TPSA) is 30.7 Å². The van der Waals surface area contributed by atoms with Crippen LogP contribution in [0.25, 0.3) is 17.1 Å². The van der Waals surface area contributed by atoms with E-state index in [0.717, 1.165) is 5.69 Å². The Kier molecular flexibility index (Phi) is 3.13. The number of rotatable bonds is 2. The average Bonchev–Trinajstić information content (AvgIpc) is 2.92. The molecule has 0 saturated carbocycles. The highest BCUT2D eigenvalue weighted by Gasteiger charge is 2.10. The second-order valence-electron chi connectivity index (χ2n) is 3.99. The molecule has 0 fully saturated rings. The van der Waals surface area contributed by atoms with Crippen molar-refractivity contribution in [3.63, 3.8) is 0 Å². The Morgan fingerprint density at radius 3 is 2.58 bits per heavy atom. The van der Waals surface area contributed by atoms with E-state index in [4.69, 9.17) is 0 Å². The lowest BCUT2D eigenvalue weighted by molar-refractivity contribution is 0.621. The van der Waals surface area contributed by atoms with Gasteiger partial charge < -0.3 is 0 Å². The summed E-state index contributed by atoms with van der Waals surface area (Å²) in [7, 11) is 0. The van der Waals surface area contributed by atoms with Crippen molar-refractivity contribution in [1.29, 1.82) is 0 Å². The van der Waals surface area contributed by atoms with Gasteiger partial charge in [-0.2, -0.15) is 0 Å². The van der Waals surface area contributed by atoms with Crippen molar-refractivity contribution >= 4 is 15.9 Å². The van der Waals surface area contributed by atoms with E-state index in [-0.39, 0.29) is 5.82 Å². The molecule has 2 aromatic carbocycles. The highest BCUT2D eigenvalue weighted by Crippen LogP contribution is 2.24. The summed E-state index contributed by atoms with van der Waals surface area (Å²) in [5.74, 6) is 0.290. The lowest BCUT2D eigenvalue weighted by atomic mass is 10.2. The number of hydrogen-bond donors (Lipinski definition) is 0. The van der Waals surface area contributed by atoms with E-state index < -0.39 is 0 Å². The molecule has 0 bridgehead atoms. The first kappa shape index (κ1) is 12.0. The molecule has 19 heavy (non-hydrogen) atoms. The van der Waals surface area contributed by atoms with Crippen molar-refractivity contribution in [3.8, 4) is 17.1 Å². The molecule has 3 rings (SSSR count). The lowest BCUT2D eigenvalue weighted by Crippen LogP contribution is -1.96. The Morgan fingerprint density at radius 2 is 1.84 bits per heavy atom. The van der Waals surface area contributed by atoms with Crippen LogP contribution in [-0.4, -0.2) is 14.8 Å². The first-order chi connectivity index (χ1) is 9.25. The quantitative estimate of drug-likeness (QED) is 0.719. The summed E-state index contributed by atoms with van der Waals surface area (Å²) in [6.45, 7) is 0.